The maximum atomic E-state index is 12.0. The number of carbonyl (C=O) groups is 2. The number of nitrogens with zero attached hydrogens (tertiary/aromatic N) is 8. The van der Waals surface area contributed by atoms with E-state index in [4.69, 9.17) is 30.9 Å². The zero-order valence-corrected chi connectivity index (χ0v) is 45.8. The highest BCUT2D eigenvalue weighted by molar-refractivity contribution is 14.1. The number of aromatic carboxylic acids is 1. The standard InChI is InChI=1S/C25H20N6O4S2.C22H19IN4O4S2.C5H6N2/c26-37(34,35)19-10-8-16(9-11-19)13-20-22(17-5-2-1-3-6-17)30-31(25-29-21(15-36-25)24(32)33)23(20)28-18-7-4-12-27-14-18;1-2-31-21(28)18-13-32-22(25-18)27-20(23)17(19(26-27)15-6-4-3-5-7-15)12-14-8-10-16(11-9-14)33(24,29)30;6-5-2-1-3-7-4-5/h1-12,14-15,28H,13H2,(H,32,33)(H2,26,34,35);3-11,13H,2,12H2,1H3,(H2,24,29,30);1-4H,6H2. The number of hydrogen-bond donors (Lipinski definition) is 5. The molecule has 0 atom stereocenters. The molecule has 10 rings (SSSR count). The van der Waals surface area contributed by atoms with Crippen molar-refractivity contribution in [1.29, 1.82) is 0 Å². The number of carbonyl (C=O) groups excluding carboxylic acids is 1. The van der Waals surface area contributed by atoms with Gasteiger partial charge < -0.3 is 20.9 Å². The summed E-state index contributed by atoms with van der Waals surface area (Å²) in [6.07, 6.45) is 7.52. The van der Waals surface area contributed by atoms with Crippen molar-refractivity contribution in [3.05, 3.63) is 206 Å². The van der Waals surface area contributed by atoms with Crippen molar-refractivity contribution in [2.45, 2.75) is 29.6 Å². The topological polar surface area (TPSA) is 309 Å². The largest absolute Gasteiger partial charge is 0.476 e. The number of carboxylic acids is 1. The molecule has 392 valence electrons. The van der Waals surface area contributed by atoms with Crippen molar-refractivity contribution < 1.29 is 36.3 Å². The molecule has 0 aliphatic rings. The highest BCUT2D eigenvalue weighted by atomic mass is 127. The van der Waals surface area contributed by atoms with Gasteiger partial charge in [-0.25, -0.2) is 46.7 Å². The number of hydrogen-bond acceptors (Lipinski definition) is 17. The number of anilines is 3. The van der Waals surface area contributed by atoms with Crippen LogP contribution in [-0.4, -0.2) is 80.0 Å². The third-order valence-corrected chi connectivity index (χ3v) is 15.5. The Morgan fingerprint density at radius 2 is 1.14 bits per heavy atom. The first-order valence-electron chi connectivity index (χ1n) is 22.8. The van der Waals surface area contributed by atoms with Crippen LogP contribution in [0.25, 0.3) is 32.8 Å². The normalized spacial score (nSPS) is 11.2. The first-order chi connectivity index (χ1) is 37.0. The summed E-state index contributed by atoms with van der Waals surface area (Å²) in [5.41, 5.74) is 13.6. The Bertz CT molecular complexity index is 3870. The monoisotopic (exact) mass is 1220 g/mol. The molecule has 0 aliphatic heterocycles. The van der Waals surface area contributed by atoms with Crippen LogP contribution < -0.4 is 21.3 Å². The maximum Gasteiger partial charge on any atom is 0.357 e. The Labute approximate surface area is 463 Å². The van der Waals surface area contributed by atoms with Crippen molar-refractivity contribution >= 4 is 94.4 Å². The van der Waals surface area contributed by atoms with Gasteiger partial charge in [0.05, 0.1) is 45.4 Å². The first-order valence-corrected chi connectivity index (χ1v) is 28.8. The molecule has 6 heterocycles. The van der Waals surface area contributed by atoms with Crippen LogP contribution >= 0.6 is 45.3 Å². The summed E-state index contributed by atoms with van der Waals surface area (Å²) in [5.74, 6) is -1.02. The van der Waals surface area contributed by atoms with Crippen LogP contribution in [0.1, 0.15) is 50.2 Å². The predicted molar refractivity (Wildman–Crippen MR) is 302 cm³/mol. The minimum Gasteiger partial charge on any atom is -0.476 e. The molecule has 0 fully saturated rings. The van der Waals surface area contributed by atoms with Gasteiger partial charge >= 0.3 is 11.9 Å². The summed E-state index contributed by atoms with van der Waals surface area (Å²) in [4.78, 5) is 40.2. The van der Waals surface area contributed by atoms with Crippen LogP contribution in [0.2, 0.25) is 0 Å². The highest BCUT2D eigenvalue weighted by Crippen LogP contribution is 2.36. The van der Waals surface area contributed by atoms with Gasteiger partial charge in [0.15, 0.2) is 11.4 Å². The van der Waals surface area contributed by atoms with E-state index in [0.29, 0.717) is 46.0 Å². The van der Waals surface area contributed by atoms with Crippen molar-refractivity contribution in [1.82, 2.24) is 39.5 Å². The number of pyridine rings is 2. The van der Waals surface area contributed by atoms with E-state index < -0.39 is 32.0 Å². The van der Waals surface area contributed by atoms with E-state index in [0.717, 1.165) is 54.1 Å². The average Bonchev–Trinajstić information content (AvgIpc) is 4.26. The third kappa shape index (κ3) is 14.1. The molecule has 6 aromatic heterocycles. The second-order valence-electron chi connectivity index (χ2n) is 16.3. The van der Waals surface area contributed by atoms with E-state index in [9.17, 15) is 31.5 Å². The summed E-state index contributed by atoms with van der Waals surface area (Å²) < 4.78 is 55.7. The molecule has 0 radical (unpaired) electrons. The molecule has 0 bridgehead atoms. The third-order valence-electron chi connectivity index (χ3n) is 10.9. The molecule has 77 heavy (non-hydrogen) atoms. The Morgan fingerprint density at radius 3 is 1.61 bits per heavy atom. The fourth-order valence-electron chi connectivity index (χ4n) is 7.33. The molecule has 4 aromatic carbocycles. The Hall–Kier alpha value is -8.05. The molecule has 10 aromatic rings. The second-order valence-corrected chi connectivity index (χ2v) is 22.1. The van der Waals surface area contributed by atoms with E-state index in [1.807, 2.05) is 66.7 Å². The van der Waals surface area contributed by atoms with Crippen LogP contribution in [-0.2, 0) is 37.6 Å². The van der Waals surface area contributed by atoms with E-state index in [2.05, 4.69) is 47.8 Å². The quantitative estimate of drug-likeness (QED) is 0.0473. The Kier molecular flexibility index (Phi) is 17.7. The smallest absolute Gasteiger partial charge is 0.357 e. The number of thiazole rings is 2. The maximum absolute atomic E-state index is 12.0. The van der Waals surface area contributed by atoms with Crippen LogP contribution in [0, 0.1) is 3.70 Å². The number of halogens is 1. The molecule has 0 saturated carbocycles. The summed E-state index contributed by atoms with van der Waals surface area (Å²) in [6.45, 7) is 2.02. The van der Waals surface area contributed by atoms with Crippen LogP contribution in [0.3, 0.4) is 0 Å². The van der Waals surface area contributed by atoms with Gasteiger partial charge in [-0.1, -0.05) is 84.9 Å². The predicted octanol–water partition coefficient (Wildman–Crippen LogP) is 8.75. The number of aromatic nitrogens is 8. The van der Waals surface area contributed by atoms with Gasteiger partial charge in [0.1, 0.15) is 9.52 Å². The lowest BCUT2D eigenvalue weighted by molar-refractivity contribution is 0.0519. The van der Waals surface area contributed by atoms with Crippen LogP contribution in [0.15, 0.2) is 179 Å². The summed E-state index contributed by atoms with van der Waals surface area (Å²) >= 11 is 4.68. The first kappa shape index (κ1) is 55.2. The summed E-state index contributed by atoms with van der Waals surface area (Å²) in [5, 5.41) is 36.9. The van der Waals surface area contributed by atoms with Crippen molar-refractivity contribution in [3.8, 4) is 32.8 Å². The number of primary sulfonamides is 2. The number of nitrogens with one attached hydrogen (secondary N) is 1. The zero-order chi connectivity index (χ0) is 54.7. The number of esters is 1. The second kappa shape index (κ2) is 24.7. The number of sulfonamides is 2. The van der Waals surface area contributed by atoms with Crippen molar-refractivity contribution in [3.63, 3.8) is 0 Å². The molecule has 0 amide bonds. The van der Waals surface area contributed by atoms with Gasteiger partial charge in [-0.15, -0.1) is 22.7 Å². The minimum absolute atomic E-state index is 0.0212. The van der Waals surface area contributed by atoms with Gasteiger partial charge in [0, 0.05) is 64.4 Å². The van der Waals surface area contributed by atoms with Gasteiger partial charge in [0.25, 0.3) is 0 Å². The van der Waals surface area contributed by atoms with E-state index >= 15 is 0 Å². The number of carboxylic acid groups (broad SMARTS) is 1. The van der Waals surface area contributed by atoms with E-state index in [-0.39, 0.29) is 27.8 Å². The lowest BCUT2D eigenvalue weighted by Crippen LogP contribution is -2.12. The summed E-state index contributed by atoms with van der Waals surface area (Å²) in [6, 6.07) is 39.4. The van der Waals surface area contributed by atoms with E-state index in [1.54, 1.807) is 88.9 Å². The molecule has 20 nitrogen and oxygen atoms in total. The molecule has 8 N–H and O–H groups in total. The Morgan fingerprint density at radius 1 is 0.649 bits per heavy atom. The summed E-state index contributed by atoms with van der Waals surface area (Å²) in [7, 11) is -7.57. The molecule has 0 unspecified atom stereocenters. The zero-order valence-electron chi connectivity index (χ0n) is 40.4. The average molecular weight is 1220 g/mol. The van der Waals surface area contributed by atoms with E-state index in [1.165, 1.54) is 41.0 Å². The molecule has 0 saturated heterocycles. The molecule has 25 heteroatoms. The number of nitrogen functional groups attached to an aromatic ring is 1. The van der Waals surface area contributed by atoms with Crippen LogP contribution in [0.4, 0.5) is 17.2 Å². The van der Waals surface area contributed by atoms with Gasteiger partial charge in [-0.05, 0) is 89.2 Å². The van der Waals surface area contributed by atoms with Gasteiger partial charge in [0.2, 0.25) is 30.3 Å². The van der Waals surface area contributed by atoms with Gasteiger partial charge in [-0.2, -0.15) is 19.6 Å². The van der Waals surface area contributed by atoms with Crippen LogP contribution in [0.5, 0.6) is 0 Å². The number of nitrogens with two attached hydrogens (primary N) is 3. The number of ether oxygens (including phenoxy) is 1. The van der Waals surface area contributed by atoms with Gasteiger partial charge in [-0.3, -0.25) is 9.97 Å². The minimum atomic E-state index is -3.82. The lowest BCUT2D eigenvalue weighted by atomic mass is 10.0. The lowest BCUT2D eigenvalue weighted by Gasteiger charge is -2.11. The molecular weight excluding hydrogens is 1180 g/mol. The molecular formula is C52H45IN12O8S4. The highest BCUT2D eigenvalue weighted by Gasteiger charge is 2.25. The fourth-order valence-corrected chi connectivity index (χ4v) is 10.8. The fraction of sp³-hybridized carbons (Fsp3) is 0.0769. The van der Waals surface area contributed by atoms with Crippen molar-refractivity contribution in [2.24, 2.45) is 10.3 Å². The number of benzene rings is 4. The van der Waals surface area contributed by atoms with Crippen molar-refractivity contribution in [2.75, 3.05) is 17.7 Å². The molecule has 0 aliphatic carbocycles. The number of rotatable bonds is 15. The molecule has 0 spiro atoms. The SMILES string of the molecule is CCOC(=O)c1csc(-n2nc(-c3ccccc3)c(Cc3ccc(S(N)(=O)=O)cc3)c2I)n1.NS(=O)(=O)c1ccc(Cc2c(-c3ccccc3)nn(-c3nc(C(=O)O)cs3)c2Nc2cccnc2)cc1.Nc1cccnc1. The Balaban J connectivity index is 0.000000181.